The molecule has 1 unspecified atom stereocenters. The zero-order valence-electron chi connectivity index (χ0n) is 17.3. The minimum Gasteiger partial charge on any atom is -0.497 e. The van der Waals surface area contributed by atoms with Crippen molar-refractivity contribution < 1.29 is 13.9 Å². The molecule has 2 aromatic rings. The van der Waals surface area contributed by atoms with Gasteiger partial charge in [-0.25, -0.2) is 4.79 Å². The molecule has 0 aliphatic rings. The van der Waals surface area contributed by atoms with Crippen LogP contribution in [-0.4, -0.2) is 25.1 Å². The number of carbonyl (C=O) groups is 1. The first-order valence-electron chi connectivity index (χ1n) is 9.30. The molecule has 0 saturated carbocycles. The third-order valence-corrected chi connectivity index (χ3v) is 4.85. The van der Waals surface area contributed by atoms with E-state index < -0.39 is 11.2 Å². The molecular formula is C21H31ClN2O4. The Balaban J connectivity index is 0.00000392. The number of methoxy groups -OCH3 is 1. The Hall–Kier alpha value is -2.05. The van der Waals surface area contributed by atoms with Crippen molar-refractivity contribution in [1.29, 1.82) is 0 Å². The first kappa shape index (κ1) is 24.0. The van der Waals surface area contributed by atoms with Gasteiger partial charge in [0.2, 0.25) is 5.91 Å². The fourth-order valence-corrected chi connectivity index (χ4v) is 3.51. The molecule has 0 bridgehead atoms. The Morgan fingerprint density at radius 2 is 2.04 bits per heavy atom. The zero-order valence-corrected chi connectivity index (χ0v) is 18.1. The summed E-state index contributed by atoms with van der Waals surface area (Å²) in [6.45, 7) is 8.39. The van der Waals surface area contributed by atoms with E-state index in [1.54, 1.807) is 13.2 Å². The maximum Gasteiger partial charge on any atom is 0.339 e. The quantitative estimate of drug-likeness (QED) is 0.651. The highest BCUT2D eigenvalue weighted by Gasteiger charge is 2.26. The van der Waals surface area contributed by atoms with Crippen LogP contribution in [0.4, 0.5) is 0 Å². The topological polar surface area (TPSA) is 94.6 Å². The highest BCUT2D eigenvalue weighted by molar-refractivity contribution is 5.85. The van der Waals surface area contributed by atoms with Gasteiger partial charge in [0.05, 0.1) is 7.11 Å². The number of benzene rings is 1. The maximum atomic E-state index is 12.4. The minimum atomic E-state index is -0.440. The van der Waals surface area contributed by atoms with Crippen molar-refractivity contribution in [2.45, 2.75) is 52.5 Å². The van der Waals surface area contributed by atoms with Crippen LogP contribution >= 0.6 is 12.4 Å². The molecule has 1 atom stereocenters. The van der Waals surface area contributed by atoms with Crippen molar-refractivity contribution in [3.63, 3.8) is 0 Å². The van der Waals surface area contributed by atoms with Crippen LogP contribution in [0.1, 0.15) is 44.7 Å². The molecule has 0 saturated heterocycles. The lowest BCUT2D eigenvalue weighted by Crippen LogP contribution is -2.52. The number of hydrogen-bond donors (Lipinski definition) is 2. The molecule has 28 heavy (non-hydrogen) atoms. The third-order valence-electron chi connectivity index (χ3n) is 4.85. The van der Waals surface area contributed by atoms with E-state index in [-0.39, 0.29) is 24.7 Å². The van der Waals surface area contributed by atoms with Crippen molar-refractivity contribution in [2.75, 3.05) is 13.7 Å². The van der Waals surface area contributed by atoms with E-state index >= 15 is 0 Å². The average Bonchev–Trinajstić information content (AvgIpc) is 2.60. The monoisotopic (exact) mass is 410 g/mol. The second-order valence-electron chi connectivity index (χ2n) is 7.77. The highest BCUT2D eigenvalue weighted by atomic mass is 35.5. The molecule has 1 heterocycles. The van der Waals surface area contributed by atoms with E-state index in [0.717, 1.165) is 17.4 Å². The van der Waals surface area contributed by atoms with Crippen molar-refractivity contribution in [1.82, 2.24) is 5.32 Å². The number of amides is 1. The van der Waals surface area contributed by atoms with Crippen molar-refractivity contribution in [3.8, 4) is 5.75 Å². The normalized spacial score (nSPS) is 13.1. The number of aryl methyl sites for hydroxylation is 1. The van der Waals surface area contributed by atoms with Crippen LogP contribution in [0.2, 0.25) is 0 Å². The van der Waals surface area contributed by atoms with Crippen LogP contribution < -0.4 is 21.4 Å². The Labute approximate surface area is 172 Å². The van der Waals surface area contributed by atoms with E-state index in [1.165, 1.54) is 0 Å². The number of ether oxygens (including phenoxy) is 1. The van der Waals surface area contributed by atoms with Crippen LogP contribution in [0.15, 0.2) is 27.4 Å². The molecule has 7 heteroatoms. The summed E-state index contributed by atoms with van der Waals surface area (Å²) in [4.78, 5) is 24.8. The number of halogens is 1. The number of rotatable bonds is 8. The molecule has 0 fully saturated rings. The largest absolute Gasteiger partial charge is 0.497 e. The van der Waals surface area contributed by atoms with Gasteiger partial charge in [0.15, 0.2) is 0 Å². The number of nitrogens with two attached hydrogens (primary N) is 1. The van der Waals surface area contributed by atoms with Gasteiger partial charge >= 0.3 is 5.63 Å². The van der Waals surface area contributed by atoms with Crippen LogP contribution in [0.5, 0.6) is 5.75 Å². The Bertz CT molecular complexity index is 879. The number of carbonyl (C=O) groups excluding carboxylic acids is 1. The molecule has 0 radical (unpaired) electrons. The zero-order chi connectivity index (χ0) is 20.2. The second-order valence-corrected chi connectivity index (χ2v) is 7.77. The lowest BCUT2D eigenvalue weighted by molar-refractivity contribution is -0.122. The summed E-state index contributed by atoms with van der Waals surface area (Å²) in [5, 5.41) is 3.87. The van der Waals surface area contributed by atoms with Gasteiger partial charge in [-0.2, -0.15) is 0 Å². The Morgan fingerprint density at radius 1 is 1.36 bits per heavy atom. The van der Waals surface area contributed by atoms with Gasteiger partial charge in [-0.05, 0) is 50.3 Å². The molecule has 6 nitrogen and oxygen atoms in total. The molecule has 0 aliphatic heterocycles. The van der Waals surface area contributed by atoms with Crippen LogP contribution in [0.3, 0.4) is 0 Å². The molecule has 3 N–H and O–H groups in total. The Kier molecular flexibility index (Phi) is 8.51. The fraction of sp³-hybridized carbons (Fsp3) is 0.524. The summed E-state index contributed by atoms with van der Waals surface area (Å²) in [6, 6.07) is 5.38. The molecule has 1 aromatic heterocycles. The lowest BCUT2D eigenvalue weighted by Gasteiger charge is -2.31. The van der Waals surface area contributed by atoms with E-state index in [9.17, 15) is 9.59 Å². The fourth-order valence-electron chi connectivity index (χ4n) is 3.51. The van der Waals surface area contributed by atoms with Crippen molar-refractivity contribution in [2.24, 2.45) is 11.7 Å². The summed E-state index contributed by atoms with van der Waals surface area (Å²) < 4.78 is 10.6. The van der Waals surface area contributed by atoms with Gasteiger partial charge in [-0.15, -0.1) is 12.4 Å². The third kappa shape index (κ3) is 5.72. The van der Waals surface area contributed by atoms with E-state index in [1.807, 2.05) is 26.0 Å². The standard InChI is InChI=1S/C21H30N2O4.ClH/c1-13(2)11-21(4,12-22)23-19(24)9-8-17-14(3)16-7-6-15(26-5)10-18(16)27-20(17)25;/h6-7,10,13H,8-9,11-12,22H2,1-5H3,(H,23,24);1H. The average molecular weight is 411 g/mol. The van der Waals surface area contributed by atoms with E-state index in [4.69, 9.17) is 14.9 Å². The highest BCUT2D eigenvalue weighted by Crippen LogP contribution is 2.24. The minimum absolute atomic E-state index is 0. The van der Waals surface area contributed by atoms with Crippen LogP contribution in [0, 0.1) is 12.8 Å². The molecular weight excluding hydrogens is 380 g/mol. The van der Waals surface area contributed by atoms with Crippen LogP contribution in [0.25, 0.3) is 11.0 Å². The van der Waals surface area contributed by atoms with E-state index in [0.29, 0.717) is 35.8 Å². The SMILES string of the molecule is COc1ccc2c(C)c(CCC(=O)NC(C)(CN)CC(C)C)c(=O)oc2c1.Cl. The molecule has 1 aromatic carbocycles. The summed E-state index contributed by atoms with van der Waals surface area (Å²) in [7, 11) is 1.56. The lowest BCUT2D eigenvalue weighted by atomic mass is 9.90. The maximum absolute atomic E-state index is 12.4. The van der Waals surface area contributed by atoms with Crippen molar-refractivity contribution in [3.05, 3.63) is 39.7 Å². The molecule has 2 rings (SSSR count). The first-order chi connectivity index (χ1) is 12.7. The summed E-state index contributed by atoms with van der Waals surface area (Å²) in [6.07, 6.45) is 1.33. The second kappa shape index (κ2) is 9.94. The predicted octanol–water partition coefficient (Wildman–Crippen LogP) is 3.34. The molecule has 0 aliphatic carbocycles. The first-order valence-corrected chi connectivity index (χ1v) is 9.30. The number of hydrogen-bond acceptors (Lipinski definition) is 5. The van der Waals surface area contributed by atoms with Gasteiger partial charge in [0, 0.05) is 35.5 Å². The molecule has 0 spiro atoms. The van der Waals surface area contributed by atoms with Gasteiger partial charge in [-0.3, -0.25) is 4.79 Å². The number of nitrogens with one attached hydrogen (secondary N) is 1. The smallest absolute Gasteiger partial charge is 0.339 e. The van der Waals surface area contributed by atoms with Gasteiger partial charge < -0.3 is 20.2 Å². The predicted molar refractivity (Wildman–Crippen MR) is 114 cm³/mol. The van der Waals surface area contributed by atoms with Crippen LogP contribution in [-0.2, 0) is 11.2 Å². The number of fused-ring (bicyclic) bond motifs is 1. The van der Waals surface area contributed by atoms with Gasteiger partial charge in [0.25, 0.3) is 0 Å². The summed E-state index contributed by atoms with van der Waals surface area (Å²) >= 11 is 0. The molecule has 1 amide bonds. The van der Waals surface area contributed by atoms with Crippen molar-refractivity contribution >= 4 is 29.3 Å². The van der Waals surface area contributed by atoms with E-state index in [2.05, 4.69) is 19.2 Å². The van der Waals surface area contributed by atoms with Gasteiger partial charge in [-0.1, -0.05) is 13.8 Å². The molecule has 156 valence electrons. The summed E-state index contributed by atoms with van der Waals surface area (Å²) in [5.41, 5.74) is 6.85. The summed E-state index contributed by atoms with van der Waals surface area (Å²) in [5.74, 6) is 0.936. The van der Waals surface area contributed by atoms with Gasteiger partial charge in [0.1, 0.15) is 11.3 Å². The Morgan fingerprint density at radius 3 is 2.61 bits per heavy atom.